The maximum absolute atomic E-state index is 11.3. The van der Waals surface area contributed by atoms with E-state index in [0.29, 0.717) is 24.6 Å². The largest absolute Gasteiger partial charge is 0.326 e. The minimum atomic E-state index is 0.0681. The Bertz CT molecular complexity index is 604. The highest BCUT2D eigenvalue weighted by Gasteiger charge is 2.16. The molecular weight excluding hydrogens is 230 g/mol. The van der Waals surface area contributed by atoms with E-state index in [4.69, 9.17) is 5.73 Å². The minimum Gasteiger partial charge on any atom is -0.326 e. The number of aromatic nitrogens is 3. The number of aryl methyl sites for hydroxylation is 1. The lowest BCUT2D eigenvalue weighted by molar-refractivity contribution is -0.116. The van der Waals surface area contributed by atoms with Gasteiger partial charge in [-0.3, -0.25) is 9.89 Å². The monoisotopic (exact) mass is 243 g/mol. The van der Waals surface area contributed by atoms with Crippen molar-refractivity contribution in [2.24, 2.45) is 5.73 Å². The second kappa shape index (κ2) is 4.23. The molecule has 1 aromatic heterocycles. The van der Waals surface area contributed by atoms with Crippen LogP contribution in [0, 0.1) is 0 Å². The Hall–Kier alpha value is -2.21. The fraction of sp³-hybridized carbons (Fsp3) is 0.250. The third-order valence-electron chi connectivity index (χ3n) is 2.98. The zero-order chi connectivity index (χ0) is 12.5. The van der Waals surface area contributed by atoms with Crippen LogP contribution in [0.25, 0.3) is 11.4 Å². The van der Waals surface area contributed by atoms with Crippen molar-refractivity contribution in [3.05, 3.63) is 29.6 Å². The summed E-state index contributed by atoms with van der Waals surface area (Å²) in [5.74, 6) is 1.37. The molecule has 0 unspecified atom stereocenters. The number of H-pyrrole nitrogens is 1. The molecule has 0 spiro atoms. The van der Waals surface area contributed by atoms with Crippen LogP contribution in [0.1, 0.15) is 17.8 Å². The van der Waals surface area contributed by atoms with Gasteiger partial charge in [-0.05, 0) is 30.2 Å². The van der Waals surface area contributed by atoms with E-state index in [2.05, 4.69) is 20.5 Å². The number of anilines is 1. The number of hydrogen-bond donors (Lipinski definition) is 3. The molecule has 1 aromatic carbocycles. The van der Waals surface area contributed by atoms with Gasteiger partial charge in [0, 0.05) is 17.7 Å². The van der Waals surface area contributed by atoms with Gasteiger partial charge in [0.05, 0.1) is 6.54 Å². The fourth-order valence-corrected chi connectivity index (χ4v) is 2.04. The van der Waals surface area contributed by atoms with E-state index in [-0.39, 0.29) is 5.91 Å². The summed E-state index contributed by atoms with van der Waals surface area (Å²) in [6.07, 6.45) is 1.28. The molecule has 1 amide bonds. The molecule has 1 aliphatic heterocycles. The van der Waals surface area contributed by atoms with E-state index in [1.54, 1.807) is 0 Å². The van der Waals surface area contributed by atoms with Gasteiger partial charge in [-0.15, -0.1) is 0 Å². The fourth-order valence-electron chi connectivity index (χ4n) is 2.04. The van der Waals surface area contributed by atoms with Crippen LogP contribution in [0.5, 0.6) is 0 Å². The summed E-state index contributed by atoms with van der Waals surface area (Å²) >= 11 is 0. The molecule has 0 radical (unpaired) electrons. The average Bonchev–Trinajstić information content (AvgIpc) is 2.87. The molecule has 18 heavy (non-hydrogen) atoms. The molecule has 0 atom stereocenters. The van der Waals surface area contributed by atoms with Crippen LogP contribution in [0.3, 0.4) is 0 Å². The first kappa shape index (κ1) is 10.9. The summed E-state index contributed by atoms with van der Waals surface area (Å²) in [5, 5.41) is 9.75. The second-order valence-electron chi connectivity index (χ2n) is 4.23. The molecular formula is C12H13N5O. The number of nitrogens with zero attached hydrogens (tertiary/aromatic N) is 2. The third kappa shape index (κ3) is 1.86. The topological polar surface area (TPSA) is 96.7 Å². The van der Waals surface area contributed by atoms with Crippen molar-refractivity contribution >= 4 is 11.6 Å². The summed E-state index contributed by atoms with van der Waals surface area (Å²) in [7, 11) is 0. The first-order valence-corrected chi connectivity index (χ1v) is 5.81. The van der Waals surface area contributed by atoms with Crippen LogP contribution in [0.15, 0.2) is 18.2 Å². The summed E-state index contributed by atoms with van der Waals surface area (Å²) in [5.41, 5.74) is 8.41. The predicted octanol–water partition coefficient (Wildman–Crippen LogP) is 0.815. The summed E-state index contributed by atoms with van der Waals surface area (Å²) in [6, 6.07) is 5.80. The minimum absolute atomic E-state index is 0.0681. The quantitative estimate of drug-likeness (QED) is 0.727. The van der Waals surface area contributed by atoms with E-state index in [1.165, 1.54) is 0 Å². The van der Waals surface area contributed by atoms with Crippen molar-refractivity contribution in [2.75, 3.05) is 5.32 Å². The van der Waals surface area contributed by atoms with E-state index in [0.717, 1.165) is 23.2 Å². The van der Waals surface area contributed by atoms with Crippen LogP contribution in [-0.2, 0) is 17.8 Å². The standard InChI is InChI=1S/C12H13N5O/c13-6-10-15-12(17-16-10)8-1-3-9-7(5-8)2-4-11(18)14-9/h1,3,5H,2,4,6,13H2,(H,14,18)(H,15,16,17). The van der Waals surface area contributed by atoms with Crippen molar-refractivity contribution in [1.82, 2.24) is 15.2 Å². The lowest BCUT2D eigenvalue weighted by Gasteiger charge is -2.16. The van der Waals surface area contributed by atoms with Crippen LogP contribution in [0.4, 0.5) is 5.69 Å². The number of carbonyl (C=O) groups excluding carboxylic acids is 1. The van der Waals surface area contributed by atoms with E-state index in [1.807, 2.05) is 18.2 Å². The Kier molecular flexibility index (Phi) is 2.56. The van der Waals surface area contributed by atoms with Crippen molar-refractivity contribution in [3.63, 3.8) is 0 Å². The zero-order valence-corrected chi connectivity index (χ0v) is 9.73. The second-order valence-corrected chi connectivity index (χ2v) is 4.23. The van der Waals surface area contributed by atoms with Crippen LogP contribution >= 0.6 is 0 Å². The Morgan fingerprint density at radius 1 is 1.33 bits per heavy atom. The van der Waals surface area contributed by atoms with Gasteiger partial charge in [-0.25, -0.2) is 4.98 Å². The molecule has 0 fully saturated rings. The smallest absolute Gasteiger partial charge is 0.224 e. The Morgan fingerprint density at radius 3 is 3.00 bits per heavy atom. The van der Waals surface area contributed by atoms with Gasteiger partial charge >= 0.3 is 0 Å². The Morgan fingerprint density at radius 2 is 2.22 bits per heavy atom. The van der Waals surface area contributed by atoms with Crippen molar-refractivity contribution < 1.29 is 4.79 Å². The number of fused-ring (bicyclic) bond motifs is 1. The van der Waals surface area contributed by atoms with Crippen LogP contribution in [-0.4, -0.2) is 21.1 Å². The Balaban J connectivity index is 1.97. The van der Waals surface area contributed by atoms with Gasteiger partial charge < -0.3 is 11.1 Å². The molecule has 92 valence electrons. The van der Waals surface area contributed by atoms with Crippen LogP contribution < -0.4 is 11.1 Å². The summed E-state index contributed by atoms with van der Waals surface area (Å²) in [6.45, 7) is 0.341. The molecule has 2 heterocycles. The normalized spacial score (nSPS) is 14.2. The molecule has 6 nitrogen and oxygen atoms in total. The predicted molar refractivity (Wildman–Crippen MR) is 66.7 cm³/mol. The van der Waals surface area contributed by atoms with Gasteiger partial charge in [-0.2, -0.15) is 5.10 Å². The van der Waals surface area contributed by atoms with E-state index >= 15 is 0 Å². The molecule has 4 N–H and O–H groups in total. The van der Waals surface area contributed by atoms with Gasteiger partial charge in [0.1, 0.15) is 5.82 Å². The number of nitrogens with two attached hydrogens (primary N) is 1. The molecule has 0 saturated carbocycles. The van der Waals surface area contributed by atoms with Crippen molar-refractivity contribution in [1.29, 1.82) is 0 Å². The highest BCUT2D eigenvalue weighted by molar-refractivity contribution is 5.94. The number of hydrogen-bond acceptors (Lipinski definition) is 4. The number of carbonyl (C=O) groups is 1. The Labute approximate surface area is 104 Å². The lowest BCUT2D eigenvalue weighted by Crippen LogP contribution is -2.18. The maximum atomic E-state index is 11.3. The SMILES string of the molecule is NCc1nc(-c2ccc3c(c2)CCC(=O)N3)n[nH]1. The highest BCUT2D eigenvalue weighted by Crippen LogP contribution is 2.27. The highest BCUT2D eigenvalue weighted by atomic mass is 16.1. The number of nitrogens with one attached hydrogen (secondary N) is 2. The zero-order valence-electron chi connectivity index (χ0n) is 9.73. The molecule has 1 aliphatic rings. The molecule has 3 rings (SSSR count). The number of benzene rings is 1. The van der Waals surface area contributed by atoms with Gasteiger partial charge in [0.25, 0.3) is 0 Å². The molecule has 0 saturated heterocycles. The molecule has 0 bridgehead atoms. The van der Waals surface area contributed by atoms with Crippen molar-refractivity contribution in [2.45, 2.75) is 19.4 Å². The van der Waals surface area contributed by atoms with Crippen molar-refractivity contribution in [3.8, 4) is 11.4 Å². The molecule has 2 aromatic rings. The first-order valence-electron chi connectivity index (χ1n) is 5.81. The van der Waals surface area contributed by atoms with Crippen LogP contribution in [0.2, 0.25) is 0 Å². The molecule has 6 heteroatoms. The average molecular weight is 243 g/mol. The summed E-state index contributed by atoms with van der Waals surface area (Å²) in [4.78, 5) is 15.6. The summed E-state index contributed by atoms with van der Waals surface area (Å²) < 4.78 is 0. The van der Waals surface area contributed by atoms with E-state index in [9.17, 15) is 4.79 Å². The van der Waals surface area contributed by atoms with Gasteiger partial charge in [0.2, 0.25) is 5.91 Å². The van der Waals surface area contributed by atoms with E-state index < -0.39 is 0 Å². The third-order valence-corrected chi connectivity index (χ3v) is 2.98. The van der Waals surface area contributed by atoms with Gasteiger partial charge in [0.15, 0.2) is 5.82 Å². The number of rotatable bonds is 2. The number of amides is 1. The van der Waals surface area contributed by atoms with Gasteiger partial charge in [-0.1, -0.05) is 0 Å². The maximum Gasteiger partial charge on any atom is 0.224 e. The lowest BCUT2D eigenvalue weighted by atomic mass is 10.0. The number of aromatic amines is 1. The first-order chi connectivity index (χ1) is 8.76. The molecule has 0 aliphatic carbocycles.